The number of rotatable bonds is 1. The fourth-order valence-electron chi connectivity index (χ4n) is 2.36. The van der Waals surface area contributed by atoms with E-state index >= 15 is 0 Å². The molecule has 0 saturated heterocycles. The van der Waals surface area contributed by atoms with Crippen molar-refractivity contribution in [2.75, 3.05) is 0 Å². The fourth-order valence-corrected chi connectivity index (χ4v) is 2.36. The summed E-state index contributed by atoms with van der Waals surface area (Å²) in [5, 5.41) is 4.53. The van der Waals surface area contributed by atoms with Crippen LogP contribution in [0.25, 0.3) is 0 Å². The van der Waals surface area contributed by atoms with Crippen molar-refractivity contribution in [3.63, 3.8) is 0 Å². The molecule has 1 radical (unpaired) electrons. The monoisotopic (exact) mass is 176 g/mol. The minimum Gasteiger partial charge on any atom is -0.285 e. The van der Waals surface area contributed by atoms with Crippen LogP contribution in [0, 0.1) is 5.92 Å². The molecule has 0 spiro atoms. The minimum atomic E-state index is 0.489. The van der Waals surface area contributed by atoms with E-state index in [-0.39, 0.29) is 0 Å². The van der Waals surface area contributed by atoms with Crippen LogP contribution in [-0.4, -0.2) is 6.04 Å². The molecule has 2 rings (SSSR count). The predicted molar refractivity (Wildman–Crippen MR) is 55.4 cm³/mol. The predicted octanol–water partition coefficient (Wildman–Crippen LogP) is 3.01. The molecule has 1 nitrogen and oxygen atoms in total. The van der Waals surface area contributed by atoms with Crippen molar-refractivity contribution in [1.29, 1.82) is 0 Å². The summed E-state index contributed by atoms with van der Waals surface area (Å²) in [6.07, 6.45) is 16.8. The highest BCUT2D eigenvalue weighted by molar-refractivity contribution is 5.13. The van der Waals surface area contributed by atoms with Crippen molar-refractivity contribution in [1.82, 2.24) is 5.32 Å². The van der Waals surface area contributed by atoms with Crippen molar-refractivity contribution in [3.8, 4) is 0 Å². The third kappa shape index (κ3) is 2.36. The van der Waals surface area contributed by atoms with Gasteiger partial charge in [-0.25, -0.2) is 0 Å². The van der Waals surface area contributed by atoms with Crippen LogP contribution in [0.5, 0.6) is 0 Å². The lowest BCUT2D eigenvalue weighted by Crippen LogP contribution is -2.26. The van der Waals surface area contributed by atoms with Gasteiger partial charge in [0.25, 0.3) is 0 Å². The number of hydrogen-bond donors (Lipinski definition) is 0. The average molecular weight is 176 g/mol. The highest BCUT2D eigenvalue weighted by Crippen LogP contribution is 2.27. The molecule has 0 N–H and O–H groups in total. The molecule has 13 heavy (non-hydrogen) atoms. The normalized spacial score (nSPS) is 29.7. The van der Waals surface area contributed by atoms with E-state index in [0.717, 1.165) is 5.92 Å². The summed E-state index contributed by atoms with van der Waals surface area (Å²) in [6, 6.07) is 0.489. The smallest absolute Gasteiger partial charge is 0.0711 e. The molecule has 1 heterocycles. The van der Waals surface area contributed by atoms with Gasteiger partial charge in [0.05, 0.1) is 6.04 Å². The Labute approximate surface area is 80.9 Å². The Kier molecular flexibility index (Phi) is 3.07. The summed E-state index contributed by atoms with van der Waals surface area (Å²) in [6.45, 7) is 0. The third-order valence-electron chi connectivity index (χ3n) is 3.15. The number of nitrogens with zero attached hydrogens (tertiary/aromatic N) is 1. The number of hydrogen-bond acceptors (Lipinski definition) is 0. The Hall–Kier alpha value is -0.720. The largest absolute Gasteiger partial charge is 0.285 e. The highest BCUT2D eigenvalue weighted by atomic mass is 14.9. The standard InChI is InChI=1S/C12H18N/c1-2-4-8-11(7-3-1)12-9-5-6-10-13-12/h5-6,9-12H,1-4,7-8H2. The van der Waals surface area contributed by atoms with E-state index < -0.39 is 0 Å². The molecule has 0 aromatic carbocycles. The summed E-state index contributed by atoms with van der Waals surface area (Å²) in [4.78, 5) is 0. The van der Waals surface area contributed by atoms with E-state index in [1.807, 2.05) is 12.3 Å². The van der Waals surface area contributed by atoms with E-state index in [9.17, 15) is 0 Å². The van der Waals surface area contributed by atoms with Gasteiger partial charge >= 0.3 is 0 Å². The van der Waals surface area contributed by atoms with Crippen LogP contribution in [0.4, 0.5) is 0 Å². The summed E-state index contributed by atoms with van der Waals surface area (Å²) in [7, 11) is 0. The SMILES string of the molecule is C1=C[N]C(C2CCCCCC2)C=C1. The maximum Gasteiger partial charge on any atom is 0.0711 e. The molecule has 1 saturated carbocycles. The lowest BCUT2D eigenvalue weighted by Gasteiger charge is -2.23. The number of allylic oxidation sites excluding steroid dienone is 2. The fraction of sp³-hybridized carbons (Fsp3) is 0.667. The maximum absolute atomic E-state index is 4.53. The second-order valence-corrected chi connectivity index (χ2v) is 4.12. The molecule has 0 amide bonds. The molecule has 0 aromatic heterocycles. The van der Waals surface area contributed by atoms with Crippen LogP contribution < -0.4 is 5.32 Å². The summed E-state index contributed by atoms with van der Waals surface area (Å²) < 4.78 is 0. The zero-order valence-electron chi connectivity index (χ0n) is 8.15. The highest BCUT2D eigenvalue weighted by Gasteiger charge is 2.21. The Balaban J connectivity index is 1.90. The molecule has 1 aliphatic carbocycles. The maximum atomic E-state index is 4.53. The van der Waals surface area contributed by atoms with Crippen molar-refractivity contribution in [3.05, 3.63) is 24.4 Å². The first-order chi connectivity index (χ1) is 6.47. The molecule has 1 unspecified atom stereocenters. The van der Waals surface area contributed by atoms with Crippen molar-refractivity contribution in [2.45, 2.75) is 44.6 Å². The molecular formula is C12H18N. The second kappa shape index (κ2) is 4.50. The Morgan fingerprint density at radius 3 is 2.31 bits per heavy atom. The van der Waals surface area contributed by atoms with Gasteiger partial charge in [-0.05, 0) is 24.8 Å². The van der Waals surface area contributed by atoms with Gasteiger partial charge in [0, 0.05) is 6.20 Å². The van der Waals surface area contributed by atoms with Crippen LogP contribution >= 0.6 is 0 Å². The van der Waals surface area contributed by atoms with Crippen LogP contribution in [0.2, 0.25) is 0 Å². The van der Waals surface area contributed by atoms with Crippen LogP contribution in [0.1, 0.15) is 38.5 Å². The average Bonchev–Trinajstić information content (AvgIpc) is 2.47. The first-order valence-corrected chi connectivity index (χ1v) is 5.50. The first kappa shape index (κ1) is 8.86. The molecule has 1 aliphatic heterocycles. The van der Waals surface area contributed by atoms with Crippen molar-refractivity contribution in [2.24, 2.45) is 5.92 Å². The molecule has 0 bridgehead atoms. The summed E-state index contributed by atoms with van der Waals surface area (Å²) in [5.41, 5.74) is 0. The Morgan fingerprint density at radius 1 is 0.923 bits per heavy atom. The molecule has 1 atom stereocenters. The zero-order valence-corrected chi connectivity index (χ0v) is 8.15. The molecule has 1 fully saturated rings. The quantitative estimate of drug-likeness (QED) is 0.545. The first-order valence-electron chi connectivity index (χ1n) is 5.50. The lowest BCUT2D eigenvalue weighted by molar-refractivity contribution is 0.383. The van der Waals surface area contributed by atoms with Gasteiger partial charge in [-0.1, -0.05) is 37.8 Å². The zero-order chi connectivity index (χ0) is 8.93. The van der Waals surface area contributed by atoms with E-state index in [0.29, 0.717) is 6.04 Å². The van der Waals surface area contributed by atoms with Crippen LogP contribution in [-0.2, 0) is 0 Å². The van der Waals surface area contributed by atoms with Gasteiger partial charge in [0.2, 0.25) is 0 Å². The second-order valence-electron chi connectivity index (χ2n) is 4.12. The molecule has 71 valence electrons. The third-order valence-corrected chi connectivity index (χ3v) is 3.15. The van der Waals surface area contributed by atoms with Gasteiger partial charge < -0.3 is 0 Å². The van der Waals surface area contributed by atoms with E-state index in [4.69, 9.17) is 0 Å². The van der Waals surface area contributed by atoms with Crippen LogP contribution in [0.15, 0.2) is 24.4 Å². The molecule has 0 aromatic rings. The minimum absolute atomic E-state index is 0.489. The summed E-state index contributed by atoms with van der Waals surface area (Å²) in [5.74, 6) is 0.823. The van der Waals surface area contributed by atoms with Crippen molar-refractivity contribution < 1.29 is 0 Å². The summed E-state index contributed by atoms with van der Waals surface area (Å²) >= 11 is 0. The van der Waals surface area contributed by atoms with Gasteiger partial charge in [0.1, 0.15) is 0 Å². The van der Waals surface area contributed by atoms with Gasteiger partial charge in [-0.15, -0.1) is 0 Å². The molecule has 1 heteroatoms. The van der Waals surface area contributed by atoms with Crippen LogP contribution in [0.3, 0.4) is 0 Å². The van der Waals surface area contributed by atoms with E-state index in [1.54, 1.807) is 0 Å². The van der Waals surface area contributed by atoms with Gasteiger partial charge in [0.15, 0.2) is 0 Å². The Morgan fingerprint density at radius 2 is 1.69 bits per heavy atom. The lowest BCUT2D eigenvalue weighted by atomic mass is 9.91. The molecular weight excluding hydrogens is 158 g/mol. The van der Waals surface area contributed by atoms with Gasteiger partial charge in [-0.2, -0.15) is 0 Å². The Bertz CT molecular complexity index is 197. The van der Waals surface area contributed by atoms with E-state index in [2.05, 4.69) is 17.5 Å². The van der Waals surface area contributed by atoms with Gasteiger partial charge in [-0.3, -0.25) is 5.32 Å². The topological polar surface area (TPSA) is 14.1 Å². The molecule has 2 aliphatic rings. The van der Waals surface area contributed by atoms with Crippen molar-refractivity contribution >= 4 is 0 Å². The van der Waals surface area contributed by atoms with E-state index in [1.165, 1.54) is 38.5 Å².